The first-order chi connectivity index (χ1) is 10.1. The summed E-state index contributed by atoms with van der Waals surface area (Å²) < 4.78 is 0. The summed E-state index contributed by atoms with van der Waals surface area (Å²) in [6.07, 6.45) is 5.08. The van der Waals surface area contributed by atoms with E-state index in [1.165, 1.54) is 25.7 Å². The summed E-state index contributed by atoms with van der Waals surface area (Å²) in [7, 11) is 1.89. The summed E-state index contributed by atoms with van der Waals surface area (Å²) in [5.74, 6) is 6.58. The minimum Gasteiger partial charge on any atom is -0.341 e. The fourth-order valence-corrected chi connectivity index (χ4v) is 2.96. The first kappa shape index (κ1) is 15.6. The van der Waals surface area contributed by atoms with E-state index in [1.54, 1.807) is 0 Å². The molecule has 3 heteroatoms. The maximum Gasteiger partial charge on any atom is 0.254 e. The Bertz CT molecular complexity index is 562. The summed E-state index contributed by atoms with van der Waals surface area (Å²) in [6.45, 7) is 3.15. The molecule has 0 aromatic heterocycles. The number of hydrogen-bond donors (Lipinski definition) is 1. The van der Waals surface area contributed by atoms with Crippen LogP contribution in [0.15, 0.2) is 18.2 Å². The summed E-state index contributed by atoms with van der Waals surface area (Å²) in [4.78, 5) is 14.5. The SMILES string of the molecule is Cc1ccc(C(=O)N(C)CC2CCCC2)c(C#CCN)c1. The number of nitrogens with two attached hydrogens (primary N) is 1. The molecule has 112 valence electrons. The number of benzene rings is 1. The lowest BCUT2D eigenvalue weighted by atomic mass is 10.0. The molecule has 0 radical (unpaired) electrons. The van der Waals surface area contributed by atoms with E-state index in [0.29, 0.717) is 18.0 Å². The molecular formula is C18H24N2O. The average Bonchev–Trinajstić information content (AvgIpc) is 2.97. The Morgan fingerprint density at radius 2 is 2.10 bits per heavy atom. The number of hydrogen-bond acceptors (Lipinski definition) is 2. The van der Waals surface area contributed by atoms with Crippen LogP contribution in [0, 0.1) is 24.7 Å². The highest BCUT2D eigenvalue weighted by molar-refractivity contribution is 5.96. The van der Waals surface area contributed by atoms with Crippen molar-refractivity contribution in [3.8, 4) is 11.8 Å². The third-order valence-electron chi connectivity index (χ3n) is 4.08. The molecule has 0 aliphatic heterocycles. The average molecular weight is 284 g/mol. The summed E-state index contributed by atoms with van der Waals surface area (Å²) >= 11 is 0. The highest BCUT2D eigenvalue weighted by Gasteiger charge is 2.21. The molecule has 1 aliphatic carbocycles. The topological polar surface area (TPSA) is 46.3 Å². The Labute approximate surface area is 127 Å². The largest absolute Gasteiger partial charge is 0.341 e. The molecule has 0 atom stereocenters. The zero-order valence-electron chi connectivity index (χ0n) is 13.0. The molecule has 0 spiro atoms. The van der Waals surface area contributed by atoms with Crippen LogP contribution in [0.5, 0.6) is 0 Å². The smallest absolute Gasteiger partial charge is 0.254 e. The summed E-state index contributed by atoms with van der Waals surface area (Å²) in [5, 5.41) is 0. The third-order valence-corrected chi connectivity index (χ3v) is 4.08. The number of rotatable bonds is 3. The Morgan fingerprint density at radius 1 is 1.38 bits per heavy atom. The second-order valence-corrected chi connectivity index (χ2v) is 5.89. The van der Waals surface area contributed by atoms with E-state index in [2.05, 4.69) is 11.8 Å². The predicted octanol–water partition coefficient (Wildman–Crippen LogP) is 2.57. The van der Waals surface area contributed by atoms with E-state index in [1.807, 2.05) is 37.1 Å². The zero-order valence-corrected chi connectivity index (χ0v) is 13.0. The molecule has 0 bridgehead atoms. The van der Waals surface area contributed by atoms with E-state index < -0.39 is 0 Å². The second kappa shape index (κ2) is 7.28. The molecule has 0 saturated heterocycles. The van der Waals surface area contributed by atoms with E-state index in [9.17, 15) is 4.79 Å². The van der Waals surface area contributed by atoms with Crippen LogP contribution in [0.2, 0.25) is 0 Å². The van der Waals surface area contributed by atoms with Gasteiger partial charge in [-0.05, 0) is 43.4 Å². The standard InChI is InChI=1S/C18H24N2O/c1-14-9-10-17(16(12-14)8-5-11-19)18(21)20(2)13-15-6-3-4-7-15/h9-10,12,15H,3-4,6-7,11,13,19H2,1-2H3. The van der Waals surface area contributed by atoms with E-state index in [0.717, 1.165) is 17.7 Å². The van der Waals surface area contributed by atoms with E-state index in [-0.39, 0.29) is 5.91 Å². The lowest BCUT2D eigenvalue weighted by Crippen LogP contribution is -2.31. The molecule has 1 aromatic rings. The maximum absolute atomic E-state index is 12.7. The number of carbonyl (C=O) groups is 1. The molecule has 1 fully saturated rings. The van der Waals surface area contributed by atoms with Crippen LogP contribution in [-0.4, -0.2) is 30.9 Å². The fourth-order valence-electron chi connectivity index (χ4n) is 2.96. The van der Waals surface area contributed by atoms with Crippen molar-refractivity contribution >= 4 is 5.91 Å². The van der Waals surface area contributed by atoms with Gasteiger partial charge in [-0.2, -0.15) is 0 Å². The molecule has 1 amide bonds. The molecular weight excluding hydrogens is 260 g/mol. The molecule has 1 saturated carbocycles. The van der Waals surface area contributed by atoms with Gasteiger partial charge in [-0.25, -0.2) is 0 Å². The number of nitrogens with zero attached hydrogens (tertiary/aromatic N) is 1. The van der Waals surface area contributed by atoms with Crippen molar-refractivity contribution in [3.63, 3.8) is 0 Å². The molecule has 3 nitrogen and oxygen atoms in total. The maximum atomic E-state index is 12.7. The molecule has 21 heavy (non-hydrogen) atoms. The van der Waals surface area contributed by atoms with Crippen LogP contribution in [0.1, 0.15) is 47.2 Å². The lowest BCUT2D eigenvalue weighted by Gasteiger charge is -2.21. The van der Waals surface area contributed by atoms with Gasteiger partial charge in [0, 0.05) is 19.2 Å². The van der Waals surface area contributed by atoms with Crippen LogP contribution >= 0.6 is 0 Å². The first-order valence-electron chi connectivity index (χ1n) is 7.67. The van der Waals surface area contributed by atoms with Gasteiger partial charge in [0.2, 0.25) is 0 Å². The van der Waals surface area contributed by atoms with Crippen molar-refractivity contribution < 1.29 is 4.79 Å². The molecule has 1 aliphatic rings. The van der Waals surface area contributed by atoms with Gasteiger partial charge >= 0.3 is 0 Å². The fraction of sp³-hybridized carbons (Fsp3) is 0.500. The number of amides is 1. The highest BCUT2D eigenvalue weighted by atomic mass is 16.2. The first-order valence-corrected chi connectivity index (χ1v) is 7.67. The minimum atomic E-state index is 0.0585. The summed E-state index contributed by atoms with van der Waals surface area (Å²) in [6, 6.07) is 5.80. The van der Waals surface area contributed by atoms with Crippen LogP contribution in [0.4, 0.5) is 0 Å². The van der Waals surface area contributed by atoms with Gasteiger partial charge in [0.15, 0.2) is 0 Å². The molecule has 0 heterocycles. The Kier molecular flexibility index (Phi) is 5.41. The molecule has 2 N–H and O–H groups in total. The minimum absolute atomic E-state index is 0.0585. The van der Waals surface area contributed by atoms with Crippen LogP contribution in [0.25, 0.3) is 0 Å². The van der Waals surface area contributed by atoms with Gasteiger partial charge in [0.05, 0.1) is 12.1 Å². The third kappa shape index (κ3) is 4.09. The zero-order chi connectivity index (χ0) is 15.2. The summed E-state index contributed by atoms with van der Waals surface area (Å²) in [5.41, 5.74) is 8.01. The normalized spacial score (nSPS) is 14.6. The van der Waals surface area contributed by atoms with Gasteiger partial charge in [-0.15, -0.1) is 0 Å². The molecule has 1 aromatic carbocycles. The van der Waals surface area contributed by atoms with Gasteiger partial charge in [-0.3, -0.25) is 4.79 Å². The van der Waals surface area contributed by atoms with Crippen molar-refractivity contribution in [3.05, 3.63) is 34.9 Å². The molecule has 0 unspecified atom stereocenters. The predicted molar refractivity (Wildman–Crippen MR) is 86.0 cm³/mol. The highest BCUT2D eigenvalue weighted by Crippen LogP contribution is 2.25. The Morgan fingerprint density at radius 3 is 2.76 bits per heavy atom. The quantitative estimate of drug-likeness (QED) is 0.867. The molecule has 2 rings (SSSR count). The monoisotopic (exact) mass is 284 g/mol. The van der Waals surface area contributed by atoms with Crippen LogP contribution in [-0.2, 0) is 0 Å². The van der Waals surface area contributed by atoms with Gasteiger partial charge < -0.3 is 10.6 Å². The van der Waals surface area contributed by atoms with Gasteiger partial charge in [0.25, 0.3) is 5.91 Å². The lowest BCUT2D eigenvalue weighted by molar-refractivity contribution is 0.0773. The second-order valence-electron chi connectivity index (χ2n) is 5.89. The Balaban J connectivity index is 2.17. The van der Waals surface area contributed by atoms with Crippen molar-refractivity contribution in [1.29, 1.82) is 0 Å². The van der Waals surface area contributed by atoms with Crippen molar-refractivity contribution in [2.45, 2.75) is 32.6 Å². The van der Waals surface area contributed by atoms with Crippen molar-refractivity contribution in [1.82, 2.24) is 4.90 Å². The van der Waals surface area contributed by atoms with Crippen LogP contribution in [0.3, 0.4) is 0 Å². The van der Waals surface area contributed by atoms with Gasteiger partial charge in [-0.1, -0.05) is 30.7 Å². The number of carbonyl (C=O) groups excluding carboxylic acids is 1. The van der Waals surface area contributed by atoms with E-state index >= 15 is 0 Å². The van der Waals surface area contributed by atoms with Crippen molar-refractivity contribution in [2.24, 2.45) is 11.7 Å². The van der Waals surface area contributed by atoms with E-state index in [4.69, 9.17) is 5.73 Å². The van der Waals surface area contributed by atoms with Crippen molar-refractivity contribution in [2.75, 3.05) is 20.1 Å². The van der Waals surface area contributed by atoms with Gasteiger partial charge in [0.1, 0.15) is 0 Å². The van der Waals surface area contributed by atoms with Crippen LogP contribution < -0.4 is 5.73 Å². The number of aryl methyl sites for hydroxylation is 1. The Hall–Kier alpha value is -1.79.